The molecule has 1 N–H and O–H groups in total. The number of carbonyl (C=O) groups is 1. The number of carbonyl (C=O) groups excluding carboxylic acids is 1. The van der Waals surface area contributed by atoms with E-state index in [0.717, 1.165) is 10.2 Å². The lowest BCUT2D eigenvalue weighted by Gasteiger charge is -2.19. The summed E-state index contributed by atoms with van der Waals surface area (Å²) in [7, 11) is -3.70. The molecule has 0 aliphatic carbocycles. The number of anilines is 1. The lowest BCUT2D eigenvalue weighted by atomic mass is 10.2. The van der Waals surface area contributed by atoms with Crippen LogP contribution in [0.1, 0.15) is 10.4 Å². The van der Waals surface area contributed by atoms with Crippen molar-refractivity contribution in [1.82, 2.24) is 9.29 Å². The molecule has 144 valence electrons. The SMILES string of the molecule is C=CCN(CC=C)S(=O)(=O)c1ccc(C(=O)Nc2nc3ccccc3s2)cc1. The monoisotopic (exact) mass is 413 g/mol. The van der Waals surface area contributed by atoms with E-state index in [0.29, 0.717) is 10.7 Å². The van der Waals surface area contributed by atoms with Crippen molar-refractivity contribution < 1.29 is 13.2 Å². The highest BCUT2D eigenvalue weighted by Crippen LogP contribution is 2.26. The molecule has 0 fully saturated rings. The number of hydrogen-bond acceptors (Lipinski definition) is 5. The topological polar surface area (TPSA) is 79.4 Å². The number of nitrogens with zero attached hydrogens (tertiary/aromatic N) is 2. The number of amides is 1. The van der Waals surface area contributed by atoms with Crippen LogP contribution in [0.2, 0.25) is 0 Å². The van der Waals surface area contributed by atoms with Gasteiger partial charge in [0.15, 0.2) is 5.13 Å². The maximum atomic E-state index is 12.7. The Bertz CT molecular complexity index is 1080. The highest BCUT2D eigenvalue weighted by molar-refractivity contribution is 7.89. The number of benzene rings is 2. The molecule has 6 nitrogen and oxygen atoms in total. The second-order valence-electron chi connectivity index (χ2n) is 5.86. The predicted octanol–water partition coefficient (Wildman–Crippen LogP) is 3.91. The minimum atomic E-state index is -3.70. The number of aromatic nitrogens is 1. The van der Waals surface area contributed by atoms with Crippen LogP contribution in [0.15, 0.2) is 78.7 Å². The first-order valence-corrected chi connectivity index (χ1v) is 10.7. The second-order valence-corrected chi connectivity index (χ2v) is 8.83. The fraction of sp³-hybridized carbons (Fsp3) is 0.100. The van der Waals surface area contributed by atoms with Gasteiger partial charge < -0.3 is 0 Å². The third-order valence-corrected chi connectivity index (χ3v) is 6.73. The lowest BCUT2D eigenvalue weighted by molar-refractivity contribution is 0.102. The molecule has 1 aromatic heterocycles. The van der Waals surface area contributed by atoms with Crippen LogP contribution >= 0.6 is 11.3 Å². The molecule has 1 amide bonds. The van der Waals surface area contributed by atoms with Crippen molar-refractivity contribution in [2.45, 2.75) is 4.90 Å². The molecule has 0 aliphatic rings. The first kappa shape index (κ1) is 19.9. The highest BCUT2D eigenvalue weighted by atomic mass is 32.2. The van der Waals surface area contributed by atoms with E-state index in [9.17, 15) is 13.2 Å². The Labute approximate surface area is 167 Å². The number of rotatable bonds is 8. The molecule has 0 aliphatic heterocycles. The summed E-state index contributed by atoms with van der Waals surface area (Å²) < 4.78 is 27.6. The van der Waals surface area contributed by atoms with E-state index in [2.05, 4.69) is 23.5 Å². The Hall–Kier alpha value is -2.81. The van der Waals surface area contributed by atoms with E-state index < -0.39 is 10.0 Å². The van der Waals surface area contributed by atoms with Gasteiger partial charge in [-0.2, -0.15) is 4.31 Å². The summed E-state index contributed by atoms with van der Waals surface area (Å²) in [4.78, 5) is 16.9. The van der Waals surface area contributed by atoms with Crippen molar-refractivity contribution >= 4 is 42.6 Å². The average Bonchev–Trinajstić information content (AvgIpc) is 3.10. The van der Waals surface area contributed by atoms with Crippen LogP contribution in [0.25, 0.3) is 10.2 Å². The first-order valence-electron chi connectivity index (χ1n) is 8.44. The number of nitrogens with one attached hydrogen (secondary N) is 1. The van der Waals surface area contributed by atoms with Crippen molar-refractivity contribution in [2.75, 3.05) is 18.4 Å². The van der Waals surface area contributed by atoms with Gasteiger partial charge in [0.05, 0.1) is 15.1 Å². The molecular weight excluding hydrogens is 394 g/mol. The molecule has 0 saturated heterocycles. The van der Waals surface area contributed by atoms with Crippen LogP contribution in [0.5, 0.6) is 0 Å². The zero-order chi connectivity index (χ0) is 20.1. The maximum absolute atomic E-state index is 12.7. The van der Waals surface area contributed by atoms with E-state index in [-0.39, 0.29) is 23.9 Å². The molecule has 1 heterocycles. The summed E-state index contributed by atoms with van der Waals surface area (Å²) in [5.74, 6) is -0.350. The lowest BCUT2D eigenvalue weighted by Crippen LogP contribution is -2.31. The van der Waals surface area contributed by atoms with E-state index in [1.807, 2.05) is 24.3 Å². The molecule has 8 heteroatoms. The van der Waals surface area contributed by atoms with Gasteiger partial charge in [0.25, 0.3) is 5.91 Å². The maximum Gasteiger partial charge on any atom is 0.257 e. The van der Waals surface area contributed by atoms with Crippen LogP contribution in [-0.4, -0.2) is 36.7 Å². The Kier molecular flexibility index (Phi) is 6.03. The third-order valence-electron chi connectivity index (χ3n) is 3.93. The zero-order valence-corrected chi connectivity index (χ0v) is 16.7. The Morgan fingerprint density at radius 1 is 1.07 bits per heavy atom. The van der Waals surface area contributed by atoms with Crippen LogP contribution < -0.4 is 5.32 Å². The van der Waals surface area contributed by atoms with Crippen molar-refractivity contribution in [3.63, 3.8) is 0 Å². The van der Waals surface area contributed by atoms with Crippen molar-refractivity contribution in [1.29, 1.82) is 0 Å². The van der Waals surface area contributed by atoms with Gasteiger partial charge in [-0.1, -0.05) is 35.6 Å². The fourth-order valence-electron chi connectivity index (χ4n) is 2.58. The number of hydrogen-bond donors (Lipinski definition) is 1. The van der Waals surface area contributed by atoms with Gasteiger partial charge in [-0.3, -0.25) is 10.1 Å². The fourth-order valence-corrected chi connectivity index (χ4v) is 4.82. The first-order chi connectivity index (χ1) is 13.5. The summed E-state index contributed by atoms with van der Waals surface area (Å²) in [5, 5.41) is 3.24. The van der Waals surface area contributed by atoms with Crippen LogP contribution in [0.4, 0.5) is 5.13 Å². The van der Waals surface area contributed by atoms with Gasteiger partial charge >= 0.3 is 0 Å². The van der Waals surface area contributed by atoms with Crippen molar-refractivity contribution in [2.24, 2.45) is 0 Å². The second kappa shape index (κ2) is 8.47. The number of para-hydroxylation sites is 1. The van der Waals surface area contributed by atoms with Gasteiger partial charge in [0.1, 0.15) is 0 Å². The Balaban J connectivity index is 1.78. The molecule has 0 saturated carbocycles. The molecule has 0 unspecified atom stereocenters. The molecule has 0 radical (unpaired) electrons. The molecule has 2 aromatic carbocycles. The number of sulfonamides is 1. The predicted molar refractivity (Wildman–Crippen MR) is 113 cm³/mol. The molecule has 0 spiro atoms. The molecule has 28 heavy (non-hydrogen) atoms. The number of fused-ring (bicyclic) bond motifs is 1. The minimum Gasteiger partial charge on any atom is -0.298 e. The Morgan fingerprint density at radius 2 is 1.71 bits per heavy atom. The smallest absolute Gasteiger partial charge is 0.257 e. The van der Waals surface area contributed by atoms with E-state index >= 15 is 0 Å². The van der Waals surface area contributed by atoms with Gasteiger partial charge in [0, 0.05) is 18.7 Å². The van der Waals surface area contributed by atoms with Crippen molar-refractivity contribution in [3.05, 3.63) is 79.4 Å². The quantitative estimate of drug-likeness (QED) is 0.568. The van der Waals surface area contributed by atoms with Gasteiger partial charge in [-0.05, 0) is 36.4 Å². The molecule has 0 atom stereocenters. The summed E-state index contributed by atoms with van der Waals surface area (Å²) >= 11 is 1.38. The van der Waals surface area contributed by atoms with Gasteiger partial charge in [-0.15, -0.1) is 13.2 Å². The molecular formula is C20H19N3O3S2. The summed E-state index contributed by atoms with van der Waals surface area (Å²) in [5.41, 5.74) is 1.16. The standard InChI is InChI=1S/C20H19N3O3S2/c1-3-13-23(14-4-2)28(25,26)16-11-9-15(10-12-16)19(24)22-20-21-17-7-5-6-8-18(17)27-20/h3-12H,1-2,13-14H2,(H,21,22,24). The van der Waals surface area contributed by atoms with E-state index in [4.69, 9.17) is 0 Å². The average molecular weight is 414 g/mol. The van der Waals surface area contributed by atoms with E-state index in [1.165, 1.54) is 52.1 Å². The summed E-state index contributed by atoms with van der Waals surface area (Å²) in [6.07, 6.45) is 3.03. The third kappa shape index (κ3) is 4.19. The summed E-state index contributed by atoms with van der Waals surface area (Å²) in [6.45, 7) is 7.52. The number of thiazole rings is 1. The van der Waals surface area contributed by atoms with Crippen LogP contribution in [-0.2, 0) is 10.0 Å². The Morgan fingerprint density at radius 3 is 2.32 bits per heavy atom. The highest BCUT2D eigenvalue weighted by Gasteiger charge is 2.22. The van der Waals surface area contributed by atoms with Crippen LogP contribution in [0, 0.1) is 0 Å². The molecule has 3 rings (SSSR count). The van der Waals surface area contributed by atoms with Crippen LogP contribution in [0.3, 0.4) is 0 Å². The van der Waals surface area contributed by atoms with E-state index in [1.54, 1.807) is 0 Å². The van der Waals surface area contributed by atoms with Crippen molar-refractivity contribution in [3.8, 4) is 0 Å². The molecule has 0 bridgehead atoms. The van der Waals surface area contributed by atoms with Gasteiger partial charge in [0.2, 0.25) is 10.0 Å². The molecule has 3 aromatic rings. The van der Waals surface area contributed by atoms with Gasteiger partial charge in [-0.25, -0.2) is 13.4 Å². The zero-order valence-electron chi connectivity index (χ0n) is 15.0. The summed E-state index contributed by atoms with van der Waals surface area (Å²) in [6, 6.07) is 13.4. The largest absolute Gasteiger partial charge is 0.298 e. The normalized spacial score (nSPS) is 11.5. The minimum absolute atomic E-state index is 0.104.